The Morgan fingerprint density at radius 1 is 1.48 bits per heavy atom. The molecule has 4 nitrogen and oxygen atoms in total. The van der Waals surface area contributed by atoms with E-state index in [1.807, 2.05) is 0 Å². The summed E-state index contributed by atoms with van der Waals surface area (Å²) in [5.41, 5.74) is 0.305. The summed E-state index contributed by atoms with van der Waals surface area (Å²) in [5.74, 6) is -2.14. The van der Waals surface area contributed by atoms with Gasteiger partial charge in [0.15, 0.2) is 0 Å². The summed E-state index contributed by atoms with van der Waals surface area (Å²) in [5, 5.41) is 9.05. The van der Waals surface area contributed by atoms with E-state index in [9.17, 15) is 14.0 Å². The molecule has 1 amide bonds. The van der Waals surface area contributed by atoms with Gasteiger partial charge in [0.05, 0.1) is 5.92 Å². The van der Waals surface area contributed by atoms with Crippen molar-refractivity contribution < 1.29 is 19.1 Å². The van der Waals surface area contributed by atoms with Crippen LogP contribution in [0, 0.1) is 11.7 Å². The molecule has 0 spiro atoms. The van der Waals surface area contributed by atoms with Crippen molar-refractivity contribution in [1.29, 1.82) is 0 Å². The molecule has 6 heteroatoms. The zero-order chi connectivity index (χ0) is 15.6. The molecule has 0 saturated carbocycles. The molecule has 1 heterocycles. The summed E-state index contributed by atoms with van der Waals surface area (Å²) in [7, 11) is 0. The number of hydrogen-bond acceptors (Lipinski definition) is 2. The lowest BCUT2D eigenvalue weighted by Gasteiger charge is -2.21. The fourth-order valence-corrected chi connectivity index (χ4v) is 2.86. The van der Waals surface area contributed by atoms with Crippen molar-refractivity contribution in [2.24, 2.45) is 5.92 Å². The highest BCUT2D eigenvalue weighted by atomic mass is 79.9. The Labute approximate surface area is 130 Å². The highest BCUT2D eigenvalue weighted by molar-refractivity contribution is 9.10. The largest absolute Gasteiger partial charge is 0.481 e. The summed E-state index contributed by atoms with van der Waals surface area (Å²) in [6.45, 7) is 2.12. The normalized spacial score (nSPS) is 22.0. The lowest BCUT2D eigenvalue weighted by molar-refractivity contribution is -0.142. The van der Waals surface area contributed by atoms with Crippen LogP contribution < -0.4 is 0 Å². The molecule has 1 aromatic rings. The van der Waals surface area contributed by atoms with Crippen LogP contribution in [0.2, 0.25) is 0 Å². The Balaban J connectivity index is 2.10. The Hall–Kier alpha value is -1.69. The van der Waals surface area contributed by atoms with Crippen molar-refractivity contribution in [2.75, 3.05) is 6.54 Å². The van der Waals surface area contributed by atoms with E-state index in [1.165, 1.54) is 23.1 Å². The minimum Gasteiger partial charge on any atom is -0.481 e. The first kappa shape index (κ1) is 15.7. The van der Waals surface area contributed by atoms with Crippen LogP contribution in [0.15, 0.2) is 28.7 Å². The number of rotatable bonds is 3. The van der Waals surface area contributed by atoms with Crippen molar-refractivity contribution in [3.8, 4) is 0 Å². The summed E-state index contributed by atoms with van der Waals surface area (Å²) in [4.78, 5) is 24.6. The van der Waals surface area contributed by atoms with Gasteiger partial charge in [-0.2, -0.15) is 0 Å². The van der Waals surface area contributed by atoms with E-state index in [1.54, 1.807) is 19.1 Å². The molecule has 1 N–H and O–H groups in total. The van der Waals surface area contributed by atoms with Gasteiger partial charge in [0.25, 0.3) is 0 Å². The van der Waals surface area contributed by atoms with E-state index in [0.717, 1.165) is 4.47 Å². The van der Waals surface area contributed by atoms with Crippen molar-refractivity contribution in [2.45, 2.75) is 19.4 Å². The summed E-state index contributed by atoms with van der Waals surface area (Å²) in [6, 6.07) is 4.11. The number of hydrogen-bond donors (Lipinski definition) is 1. The molecule has 2 atom stereocenters. The quantitative estimate of drug-likeness (QED) is 0.848. The molecule has 21 heavy (non-hydrogen) atoms. The molecular formula is C15H15BrFNO3. The highest BCUT2D eigenvalue weighted by Gasteiger charge is 2.37. The third kappa shape index (κ3) is 3.50. The maximum absolute atomic E-state index is 13.6. The van der Waals surface area contributed by atoms with Gasteiger partial charge in [-0.05, 0) is 37.6 Å². The maximum atomic E-state index is 13.6. The van der Waals surface area contributed by atoms with Crippen LogP contribution in [0.5, 0.6) is 0 Å². The number of likely N-dealkylation sites (tertiary alicyclic amines) is 1. The SMILES string of the molecule is CC1C(C(=O)O)CCN1C(=O)C=Cc1cc(Br)ccc1F. The smallest absolute Gasteiger partial charge is 0.308 e. The maximum Gasteiger partial charge on any atom is 0.308 e. The first-order valence-corrected chi connectivity index (χ1v) is 7.36. The predicted octanol–water partition coefficient (Wildman–Crippen LogP) is 2.92. The molecule has 1 aliphatic heterocycles. The number of amides is 1. The number of carbonyl (C=O) groups is 2. The van der Waals surface area contributed by atoms with Gasteiger partial charge < -0.3 is 10.0 Å². The van der Waals surface area contributed by atoms with E-state index >= 15 is 0 Å². The van der Waals surface area contributed by atoms with Gasteiger partial charge in [-0.15, -0.1) is 0 Å². The van der Waals surface area contributed by atoms with Crippen LogP contribution in [0.25, 0.3) is 6.08 Å². The molecule has 1 fully saturated rings. The molecule has 112 valence electrons. The van der Waals surface area contributed by atoms with Crippen LogP contribution in [0.3, 0.4) is 0 Å². The predicted molar refractivity (Wildman–Crippen MR) is 80.1 cm³/mol. The number of aliphatic carboxylic acids is 1. The Bertz CT molecular complexity index is 603. The minimum absolute atomic E-state index is 0.300. The van der Waals surface area contributed by atoms with Gasteiger partial charge in [0.1, 0.15) is 5.82 Å². The third-order valence-corrected chi connectivity index (χ3v) is 4.21. The van der Waals surface area contributed by atoms with Gasteiger partial charge in [0, 0.05) is 28.7 Å². The van der Waals surface area contributed by atoms with E-state index in [0.29, 0.717) is 18.5 Å². The summed E-state index contributed by atoms with van der Waals surface area (Å²) in [6.07, 6.45) is 3.14. The average Bonchev–Trinajstić information content (AvgIpc) is 2.81. The van der Waals surface area contributed by atoms with Gasteiger partial charge in [-0.25, -0.2) is 4.39 Å². The minimum atomic E-state index is -0.889. The molecular weight excluding hydrogens is 341 g/mol. The lowest BCUT2D eigenvalue weighted by atomic mass is 10.0. The number of carbonyl (C=O) groups excluding carboxylic acids is 1. The van der Waals surface area contributed by atoms with E-state index < -0.39 is 17.7 Å². The van der Waals surface area contributed by atoms with Crippen molar-refractivity contribution in [3.05, 3.63) is 40.1 Å². The molecule has 0 bridgehead atoms. The van der Waals surface area contributed by atoms with Gasteiger partial charge in [-0.1, -0.05) is 15.9 Å². The molecule has 1 saturated heterocycles. The number of carboxylic acids is 1. The first-order valence-electron chi connectivity index (χ1n) is 6.56. The van der Waals surface area contributed by atoms with Crippen LogP contribution in [0.4, 0.5) is 4.39 Å². The highest BCUT2D eigenvalue weighted by Crippen LogP contribution is 2.25. The molecule has 1 aromatic carbocycles. The molecule has 2 rings (SSSR count). The number of nitrogens with zero attached hydrogens (tertiary/aromatic N) is 1. The molecule has 0 aliphatic carbocycles. The summed E-state index contributed by atoms with van der Waals surface area (Å²) >= 11 is 3.24. The van der Waals surface area contributed by atoms with E-state index in [2.05, 4.69) is 15.9 Å². The van der Waals surface area contributed by atoms with Crippen molar-refractivity contribution >= 4 is 33.9 Å². The standard InChI is InChI=1S/C15H15BrFNO3/c1-9-12(15(20)21)6-7-18(9)14(19)5-2-10-8-11(16)3-4-13(10)17/h2-5,8-9,12H,6-7H2,1H3,(H,20,21). The Kier molecular flexibility index (Phi) is 4.77. The summed E-state index contributed by atoms with van der Waals surface area (Å²) < 4.78 is 14.3. The first-order chi connectivity index (χ1) is 9.90. The zero-order valence-corrected chi connectivity index (χ0v) is 13.0. The number of carboxylic acid groups (broad SMARTS) is 1. The molecule has 2 unspecified atom stereocenters. The van der Waals surface area contributed by atoms with Crippen LogP contribution in [-0.4, -0.2) is 34.5 Å². The zero-order valence-electron chi connectivity index (χ0n) is 11.4. The van der Waals surface area contributed by atoms with Crippen LogP contribution in [0.1, 0.15) is 18.9 Å². The Morgan fingerprint density at radius 2 is 2.19 bits per heavy atom. The second-order valence-electron chi connectivity index (χ2n) is 5.00. The van der Waals surface area contributed by atoms with E-state index in [4.69, 9.17) is 5.11 Å². The number of benzene rings is 1. The molecule has 1 aliphatic rings. The Morgan fingerprint density at radius 3 is 2.81 bits per heavy atom. The fourth-order valence-electron chi connectivity index (χ4n) is 2.48. The van der Waals surface area contributed by atoms with E-state index in [-0.39, 0.29) is 11.9 Å². The van der Waals surface area contributed by atoms with Crippen molar-refractivity contribution in [3.63, 3.8) is 0 Å². The topological polar surface area (TPSA) is 57.6 Å². The second kappa shape index (κ2) is 6.39. The molecule has 0 aromatic heterocycles. The van der Waals surface area contributed by atoms with Crippen LogP contribution >= 0.6 is 15.9 Å². The van der Waals surface area contributed by atoms with Crippen molar-refractivity contribution in [1.82, 2.24) is 4.90 Å². The van der Waals surface area contributed by atoms with Gasteiger partial charge in [0.2, 0.25) is 5.91 Å². The third-order valence-electron chi connectivity index (χ3n) is 3.72. The van der Waals surface area contributed by atoms with Gasteiger partial charge in [-0.3, -0.25) is 9.59 Å². The van der Waals surface area contributed by atoms with Crippen LogP contribution in [-0.2, 0) is 9.59 Å². The lowest BCUT2D eigenvalue weighted by Crippen LogP contribution is -2.36. The fraction of sp³-hybridized carbons (Fsp3) is 0.333. The monoisotopic (exact) mass is 355 g/mol. The van der Waals surface area contributed by atoms with Gasteiger partial charge >= 0.3 is 5.97 Å². The number of halogens is 2. The average molecular weight is 356 g/mol. The molecule has 0 radical (unpaired) electrons. The second-order valence-corrected chi connectivity index (χ2v) is 5.92.